The van der Waals surface area contributed by atoms with E-state index in [1.165, 1.54) is 38.5 Å². The van der Waals surface area contributed by atoms with Crippen LogP contribution >= 0.6 is 11.6 Å². The molecule has 0 aromatic rings. The predicted molar refractivity (Wildman–Crippen MR) is 61.9 cm³/mol. The number of hydrogen-bond acceptors (Lipinski definition) is 0. The van der Waals surface area contributed by atoms with Crippen LogP contribution in [0.4, 0.5) is 0 Å². The lowest BCUT2D eigenvalue weighted by Gasteiger charge is -2.11. The molecule has 0 aliphatic rings. The van der Waals surface area contributed by atoms with E-state index < -0.39 is 8.80 Å². The van der Waals surface area contributed by atoms with Crippen LogP contribution in [0.1, 0.15) is 45.4 Å². The fourth-order valence-corrected chi connectivity index (χ4v) is 2.33. The van der Waals surface area contributed by atoms with Gasteiger partial charge in [0.15, 0.2) is 0 Å². The fourth-order valence-electron chi connectivity index (χ4n) is 1.28. The quantitative estimate of drug-likeness (QED) is 0.336. The zero-order valence-electron chi connectivity index (χ0n) is 8.78. The van der Waals surface area contributed by atoms with Gasteiger partial charge in [-0.05, 0) is 6.42 Å². The molecule has 2 heteroatoms. The van der Waals surface area contributed by atoms with Crippen molar-refractivity contribution in [3.8, 4) is 0 Å². The smallest absolute Gasteiger partial charge is 0.0518 e. The molecule has 0 rings (SSSR count). The first kappa shape index (κ1) is 12.5. The summed E-state index contributed by atoms with van der Waals surface area (Å²) in [6.45, 7) is 6.93. The highest BCUT2D eigenvalue weighted by atomic mass is 35.5. The molecular formula is C10H23ClSi. The van der Waals surface area contributed by atoms with Crippen molar-refractivity contribution in [1.29, 1.82) is 0 Å². The van der Waals surface area contributed by atoms with Crippen LogP contribution in [0.5, 0.6) is 0 Å². The largest absolute Gasteiger partial charge is 0.127 e. The summed E-state index contributed by atoms with van der Waals surface area (Å²) in [4.78, 5) is 0. The van der Waals surface area contributed by atoms with Crippen molar-refractivity contribution in [2.45, 2.75) is 63.5 Å². The van der Waals surface area contributed by atoms with Crippen molar-refractivity contribution in [2.75, 3.05) is 0 Å². The average Bonchev–Trinajstić information content (AvgIpc) is 2.03. The van der Waals surface area contributed by atoms with Crippen LogP contribution in [-0.2, 0) is 0 Å². The Labute approximate surface area is 84.3 Å². The lowest BCUT2D eigenvalue weighted by atomic mass is 10.1. The van der Waals surface area contributed by atoms with Crippen molar-refractivity contribution in [1.82, 2.24) is 0 Å². The molecule has 0 fully saturated rings. The number of hydrogen-bond donors (Lipinski definition) is 0. The molecule has 0 nitrogen and oxygen atoms in total. The third-order valence-corrected chi connectivity index (χ3v) is 5.82. The van der Waals surface area contributed by atoms with Gasteiger partial charge in [0.25, 0.3) is 0 Å². The van der Waals surface area contributed by atoms with E-state index in [1.54, 1.807) is 0 Å². The number of alkyl halides is 1. The summed E-state index contributed by atoms with van der Waals surface area (Å²) in [5.74, 6) is 0. The van der Waals surface area contributed by atoms with Crippen LogP contribution in [0.2, 0.25) is 13.1 Å². The lowest BCUT2D eigenvalue weighted by Crippen LogP contribution is -2.17. The molecule has 0 amide bonds. The maximum atomic E-state index is 6.19. The molecule has 0 aliphatic heterocycles. The molecule has 1 unspecified atom stereocenters. The lowest BCUT2D eigenvalue weighted by molar-refractivity contribution is 0.618. The Morgan fingerprint density at radius 1 is 1.08 bits per heavy atom. The molecular weight excluding hydrogens is 184 g/mol. The first-order chi connectivity index (χ1) is 5.68. The SMILES string of the molecule is CCCCCCCC(Cl)[SiH](C)C. The minimum absolute atomic E-state index is 0.534. The van der Waals surface area contributed by atoms with E-state index in [0.29, 0.717) is 5.00 Å². The minimum atomic E-state index is -0.558. The highest BCUT2D eigenvalue weighted by Crippen LogP contribution is 2.13. The Hall–Kier alpha value is 0.507. The summed E-state index contributed by atoms with van der Waals surface area (Å²) in [6.07, 6.45) is 8.13. The van der Waals surface area contributed by atoms with E-state index in [0.717, 1.165) is 0 Å². The minimum Gasteiger partial charge on any atom is -0.127 e. The Morgan fingerprint density at radius 2 is 1.67 bits per heavy atom. The van der Waals surface area contributed by atoms with Crippen molar-refractivity contribution >= 4 is 20.4 Å². The van der Waals surface area contributed by atoms with Gasteiger partial charge in [-0.15, -0.1) is 11.6 Å². The molecule has 0 saturated heterocycles. The standard InChI is InChI=1S/C10H23ClSi/c1-4-5-6-7-8-9-10(11)12(2)3/h10,12H,4-9H2,1-3H3. The van der Waals surface area contributed by atoms with Crippen LogP contribution in [0.3, 0.4) is 0 Å². The van der Waals surface area contributed by atoms with Gasteiger partial charge >= 0.3 is 0 Å². The monoisotopic (exact) mass is 206 g/mol. The zero-order valence-corrected chi connectivity index (χ0v) is 10.7. The van der Waals surface area contributed by atoms with E-state index in [1.807, 2.05) is 0 Å². The Balaban J connectivity index is 3.08. The topological polar surface area (TPSA) is 0 Å². The Bertz CT molecular complexity index is 93.8. The van der Waals surface area contributed by atoms with Gasteiger partial charge in [0, 0.05) is 5.00 Å². The Morgan fingerprint density at radius 3 is 2.17 bits per heavy atom. The second-order valence-electron chi connectivity index (χ2n) is 3.96. The molecule has 0 bridgehead atoms. The summed E-state index contributed by atoms with van der Waals surface area (Å²) >= 11 is 6.19. The van der Waals surface area contributed by atoms with Crippen molar-refractivity contribution in [3.63, 3.8) is 0 Å². The highest BCUT2D eigenvalue weighted by Gasteiger charge is 2.09. The maximum absolute atomic E-state index is 6.19. The molecule has 0 radical (unpaired) electrons. The van der Waals surface area contributed by atoms with Crippen LogP contribution < -0.4 is 0 Å². The summed E-state index contributed by atoms with van der Waals surface area (Å²) in [6, 6.07) is 0. The molecule has 0 aliphatic carbocycles. The van der Waals surface area contributed by atoms with Gasteiger partial charge in [-0.3, -0.25) is 0 Å². The van der Waals surface area contributed by atoms with Gasteiger partial charge in [0.2, 0.25) is 0 Å². The van der Waals surface area contributed by atoms with Crippen molar-refractivity contribution < 1.29 is 0 Å². The van der Waals surface area contributed by atoms with E-state index in [4.69, 9.17) is 11.6 Å². The van der Waals surface area contributed by atoms with E-state index in [9.17, 15) is 0 Å². The number of halogens is 1. The van der Waals surface area contributed by atoms with Gasteiger partial charge in [-0.25, -0.2) is 0 Å². The highest BCUT2D eigenvalue weighted by molar-refractivity contribution is 6.67. The van der Waals surface area contributed by atoms with Gasteiger partial charge < -0.3 is 0 Å². The van der Waals surface area contributed by atoms with Gasteiger partial charge in [-0.1, -0.05) is 52.1 Å². The molecule has 0 spiro atoms. The van der Waals surface area contributed by atoms with Crippen LogP contribution in [-0.4, -0.2) is 13.8 Å². The molecule has 1 atom stereocenters. The predicted octanol–water partition coefficient (Wildman–Crippen LogP) is 3.98. The van der Waals surface area contributed by atoms with E-state index >= 15 is 0 Å². The number of rotatable bonds is 7. The first-order valence-corrected chi connectivity index (χ1v) is 8.73. The summed E-state index contributed by atoms with van der Waals surface area (Å²) in [5.41, 5.74) is 0. The molecule has 0 N–H and O–H groups in total. The van der Waals surface area contributed by atoms with Gasteiger partial charge in [0.05, 0.1) is 8.80 Å². The van der Waals surface area contributed by atoms with Crippen LogP contribution in [0.15, 0.2) is 0 Å². The third kappa shape index (κ3) is 7.17. The van der Waals surface area contributed by atoms with E-state index in [2.05, 4.69) is 20.0 Å². The molecule has 0 aromatic carbocycles. The molecule has 12 heavy (non-hydrogen) atoms. The fraction of sp³-hybridized carbons (Fsp3) is 1.00. The normalized spacial score (nSPS) is 13.8. The zero-order chi connectivity index (χ0) is 9.40. The van der Waals surface area contributed by atoms with E-state index in [-0.39, 0.29) is 0 Å². The summed E-state index contributed by atoms with van der Waals surface area (Å²) < 4.78 is 0. The van der Waals surface area contributed by atoms with Gasteiger partial charge in [0.1, 0.15) is 0 Å². The Kier molecular flexibility index (Phi) is 8.46. The third-order valence-electron chi connectivity index (χ3n) is 2.31. The van der Waals surface area contributed by atoms with Crippen LogP contribution in [0.25, 0.3) is 0 Å². The average molecular weight is 207 g/mol. The second-order valence-corrected chi connectivity index (χ2v) is 8.24. The summed E-state index contributed by atoms with van der Waals surface area (Å²) in [5, 5.41) is 0.534. The van der Waals surface area contributed by atoms with Crippen molar-refractivity contribution in [2.24, 2.45) is 0 Å². The first-order valence-electron chi connectivity index (χ1n) is 5.32. The van der Waals surface area contributed by atoms with Crippen molar-refractivity contribution in [3.05, 3.63) is 0 Å². The van der Waals surface area contributed by atoms with Gasteiger partial charge in [-0.2, -0.15) is 0 Å². The molecule has 0 aromatic heterocycles. The molecule has 0 heterocycles. The second kappa shape index (κ2) is 8.12. The maximum Gasteiger partial charge on any atom is 0.0518 e. The summed E-state index contributed by atoms with van der Waals surface area (Å²) in [7, 11) is -0.558. The molecule has 0 saturated carbocycles. The van der Waals surface area contributed by atoms with Crippen LogP contribution in [0, 0.1) is 0 Å². The molecule has 74 valence electrons. The number of unbranched alkanes of at least 4 members (excludes halogenated alkanes) is 4.